The second-order valence-electron chi connectivity index (χ2n) is 6.71. The van der Waals surface area contributed by atoms with Crippen molar-refractivity contribution < 1.29 is 23.9 Å². The van der Waals surface area contributed by atoms with Gasteiger partial charge in [0.15, 0.2) is 6.10 Å². The standard InChI is InChI=1S/C17H31NO4/c1-5-6-7-8-9-10-11-12-17(21)22-15(13-16(19)20)14-18(2,3)4/h11-12,15H,5-10,13-14H2,1-4H3/t15-/m1/s1. The first-order valence-electron chi connectivity index (χ1n) is 8.12. The molecule has 0 aliphatic carbocycles. The molecule has 0 saturated heterocycles. The number of ether oxygens (including phenoxy) is 1. The monoisotopic (exact) mass is 313 g/mol. The lowest BCUT2D eigenvalue weighted by Crippen LogP contribution is -2.45. The molecule has 0 rings (SSSR count). The van der Waals surface area contributed by atoms with Crippen LogP contribution in [0.5, 0.6) is 0 Å². The number of rotatable bonds is 12. The highest BCUT2D eigenvalue weighted by Crippen LogP contribution is 2.07. The molecular weight excluding hydrogens is 282 g/mol. The number of hydrogen-bond acceptors (Lipinski definition) is 4. The average molecular weight is 313 g/mol. The number of hydrogen-bond donors (Lipinski definition) is 0. The number of carbonyl (C=O) groups excluding carboxylic acids is 2. The predicted octanol–water partition coefficient (Wildman–Crippen LogP) is 1.66. The van der Waals surface area contributed by atoms with Crippen molar-refractivity contribution in [3.05, 3.63) is 12.2 Å². The van der Waals surface area contributed by atoms with Gasteiger partial charge >= 0.3 is 5.97 Å². The first kappa shape index (κ1) is 20.6. The molecule has 1 atom stereocenters. The van der Waals surface area contributed by atoms with Gasteiger partial charge in [0.2, 0.25) is 0 Å². The summed E-state index contributed by atoms with van der Waals surface area (Å²) in [5.41, 5.74) is 0. The van der Waals surface area contributed by atoms with E-state index in [0.717, 1.165) is 12.8 Å². The largest absolute Gasteiger partial charge is 0.550 e. The fraction of sp³-hybridized carbons (Fsp3) is 0.765. The molecule has 0 saturated carbocycles. The molecule has 0 heterocycles. The molecule has 5 heteroatoms. The van der Waals surface area contributed by atoms with Crippen LogP contribution in [0, 0.1) is 0 Å². The van der Waals surface area contributed by atoms with E-state index < -0.39 is 18.0 Å². The minimum atomic E-state index is -1.20. The summed E-state index contributed by atoms with van der Waals surface area (Å²) < 4.78 is 5.74. The average Bonchev–Trinajstić information content (AvgIpc) is 2.34. The third-order valence-corrected chi connectivity index (χ3v) is 3.16. The summed E-state index contributed by atoms with van der Waals surface area (Å²) in [6, 6.07) is 0. The van der Waals surface area contributed by atoms with Gasteiger partial charge in [-0.1, -0.05) is 38.7 Å². The van der Waals surface area contributed by atoms with Gasteiger partial charge in [0.1, 0.15) is 6.54 Å². The number of unbranched alkanes of at least 4 members (excludes halogenated alkanes) is 5. The lowest BCUT2D eigenvalue weighted by molar-refractivity contribution is -0.873. The Morgan fingerprint density at radius 2 is 1.77 bits per heavy atom. The van der Waals surface area contributed by atoms with E-state index >= 15 is 0 Å². The van der Waals surface area contributed by atoms with Crippen LogP contribution in [0.25, 0.3) is 0 Å². The van der Waals surface area contributed by atoms with Crippen molar-refractivity contribution in [3.63, 3.8) is 0 Å². The Morgan fingerprint density at radius 3 is 2.32 bits per heavy atom. The Hall–Kier alpha value is -1.36. The van der Waals surface area contributed by atoms with Crippen LogP contribution in [0.4, 0.5) is 0 Å². The number of quaternary nitrogens is 1. The lowest BCUT2D eigenvalue weighted by atomic mass is 10.1. The first-order chi connectivity index (χ1) is 10.2. The summed E-state index contributed by atoms with van der Waals surface area (Å²) in [6.45, 7) is 2.61. The zero-order valence-corrected chi connectivity index (χ0v) is 14.5. The number of aliphatic carboxylic acids is 1. The van der Waals surface area contributed by atoms with E-state index in [-0.39, 0.29) is 6.42 Å². The molecule has 0 N–H and O–H groups in total. The fourth-order valence-electron chi connectivity index (χ4n) is 2.19. The Morgan fingerprint density at radius 1 is 1.14 bits per heavy atom. The molecule has 0 bridgehead atoms. The summed E-state index contributed by atoms with van der Waals surface area (Å²) in [5.74, 6) is -1.68. The van der Waals surface area contributed by atoms with Gasteiger partial charge in [-0.05, 0) is 12.8 Å². The number of allylic oxidation sites excluding steroid dienone is 1. The zero-order chi connectivity index (χ0) is 17.0. The number of carboxylic acids is 1. The van der Waals surface area contributed by atoms with E-state index in [1.165, 1.54) is 31.8 Å². The molecule has 128 valence electrons. The Bertz CT molecular complexity index is 358. The molecule has 0 amide bonds. The smallest absolute Gasteiger partial charge is 0.330 e. The van der Waals surface area contributed by atoms with E-state index in [4.69, 9.17) is 4.74 Å². The van der Waals surface area contributed by atoms with Crippen LogP contribution in [-0.2, 0) is 14.3 Å². The molecular formula is C17H31NO4. The zero-order valence-electron chi connectivity index (χ0n) is 14.5. The number of carbonyl (C=O) groups is 2. The molecule has 0 aromatic rings. The van der Waals surface area contributed by atoms with Crippen molar-refractivity contribution in [2.45, 2.75) is 58.0 Å². The SMILES string of the molecule is CCCCCCCC=CC(=O)O[C@H](CC(=O)[O-])C[N+](C)(C)C. The molecule has 0 aromatic heterocycles. The van der Waals surface area contributed by atoms with Crippen LogP contribution in [0.3, 0.4) is 0 Å². The molecule has 0 aliphatic rings. The fourth-order valence-corrected chi connectivity index (χ4v) is 2.19. The molecule has 0 aliphatic heterocycles. The van der Waals surface area contributed by atoms with Crippen LogP contribution in [0.1, 0.15) is 51.9 Å². The minimum Gasteiger partial charge on any atom is -0.550 e. The van der Waals surface area contributed by atoms with Gasteiger partial charge in [-0.3, -0.25) is 0 Å². The maximum Gasteiger partial charge on any atom is 0.330 e. The maximum atomic E-state index is 11.7. The number of esters is 1. The van der Waals surface area contributed by atoms with Gasteiger partial charge in [0.25, 0.3) is 0 Å². The van der Waals surface area contributed by atoms with E-state index in [1.807, 2.05) is 21.1 Å². The van der Waals surface area contributed by atoms with Gasteiger partial charge in [0, 0.05) is 18.5 Å². The first-order valence-corrected chi connectivity index (χ1v) is 8.12. The van der Waals surface area contributed by atoms with Crippen molar-refractivity contribution in [1.82, 2.24) is 0 Å². The summed E-state index contributed by atoms with van der Waals surface area (Å²) in [7, 11) is 5.76. The van der Waals surface area contributed by atoms with Crippen molar-refractivity contribution in [2.75, 3.05) is 27.7 Å². The van der Waals surface area contributed by atoms with Crippen LogP contribution < -0.4 is 5.11 Å². The van der Waals surface area contributed by atoms with Crippen LogP contribution in [0.2, 0.25) is 0 Å². The van der Waals surface area contributed by atoms with E-state index in [9.17, 15) is 14.7 Å². The highest BCUT2D eigenvalue weighted by atomic mass is 16.5. The van der Waals surface area contributed by atoms with Gasteiger partial charge < -0.3 is 19.1 Å². The second kappa shape index (κ2) is 11.2. The molecule has 0 unspecified atom stereocenters. The van der Waals surface area contributed by atoms with Crippen molar-refractivity contribution in [1.29, 1.82) is 0 Å². The quantitative estimate of drug-likeness (QED) is 0.238. The van der Waals surface area contributed by atoms with Crippen LogP contribution >= 0.6 is 0 Å². The molecule has 0 radical (unpaired) electrons. The number of nitrogens with zero attached hydrogens (tertiary/aromatic N) is 1. The van der Waals surface area contributed by atoms with Crippen LogP contribution in [0.15, 0.2) is 12.2 Å². The van der Waals surface area contributed by atoms with Gasteiger partial charge in [-0.25, -0.2) is 4.79 Å². The highest BCUT2D eigenvalue weighted by molar-refractivity contribution is 5.82. The third-order valence-electron chi connectivity index (χ3n) is 3.16. The predicted molar refractivity (Wildman–Crippen MR) is 84.9 cm³/mol. The third kappa shape index (κ3) is 13.6. The summed E-state index contributed by atoms with van der Waals surface area (Å²) in [6.07, 6.45) is 9.04. The summed E-state index contributed by atoms with van der Waals surface area (Å²) in [5, 5.41) is 10.7. The van der Waals surface area contributed by atoms with Gasteiger partial charge in [0.05, 0.1) is 21.1 Å². The second-order valence-corrected chi connectivity index (χ2v) is 6.71. The highest BCUT2D eigenvalue weighted by Gasteiger charge is 2.21. The molecule has 0 fully saturated rings. The minimum absolute atomic E-state index is 0.272. The lowest BCUT2D eigenvalue weighted by Gasteiger charge is -2.29. The number of carboxylic acid groups (broad SMARTS) is 1. The maximum absolute atomic E-state index is 11.7. The van der Waals surface area contributed by atoms with E-state index in [0.29, 0.717) is 11.0 Å². The van der Waals surface area contributed by atoms with Crippen molar-refractivity contribution >= 4 is 11.9 Å². The number of likely N-dealkylation sites (N-methyl/N-ethyl adjacent to an activating group) is 1. The topological polar surface area (TPSA) is 66.4 Å². The Kier molecular flexibility index (Phi) is 10.5. The summed E-state index contributed by atoms with van der Waals surface area (Å²) in [4.78, 5) is 22.5. The van der Waals surface area contributed by atoms with Crippen LogP contribution in [-0.4, -0.2) is 50.2 Å². The normalized spacial score (nSPS) is 13.3. The van der Waals surface area contributed by atoms with Gasteiger partial charge in [-0.15, -0.1) is 0 Å². The van der Waals surface area contributed by atoms with E-state index in [2.05, 4.69) is 6.92 Å². The van der Waals surface area contributed by atoms with Crippen molar-refractivity contribution in [2.24, 2.45) is 0 Å². The van der Waals surface area contributed by atoms with Gasteiger partial charge in [-0.2, -0.15) is 0 Å². The van der Waals surface area contributed by atoms with E-state index in [1.54, 1.807) is 6.08 Å². The molecule has 0 spiro atoms. The molecule has 0 aromatic carbocycles. The molecule has 5 nitrogen and oxygen atoms in total. The van der Waals surface area contributed by atoms with Crippen molar-refractivity contribution in [3.8, 4) is 0 Å². The molecule has 22 heavy (non-hydrogen) atoms. The Balaban J connectivity index is 4.13. The summed E-state index contributed by atoms with van der Waals surface area (Å²) >= 11 is 0. The Labute approximate surface area is 134 Å².